The topological polar surface area (TPSA) is 90.2 Å². The van der Waals surface area contributed by atoms with E-state index in [0.717, 1.165) is 0 Å². The van der Waals surface area contributed by atoms with Gasteiger partial charge in [-0.25, -0.2) is 8.42 Å². The van der Waals surface area contributed by atoms with E-state index >= 15 is 0 Å². The number of nitriles is 1. The second-order valence-corrected chi connectivity index (χ2v) is 5.46. The number of benzene rings is 1. The van der Waals surface area contributed by atoms with E-state index < -0.39 is 15.3 Å². The molecular weight excluding hydrogens is 252 g/mol. The van der Waals surface area contributed by atoms with Crippen molar-refractivity contribution in [1.29, 1.82) is 5.26 Å². The summed E-state index contributed by atoms with van der Waals surface area (Å²) in [7, 11) is -3.68. The van der Waals surface area contributed by atoms with Gasteiger partial charge in [0.2, 0.25) is 10.0 Å². The Morgan fingerprint density at radius 3 is 2.50 bits per heavy atom. The molecule has 0 radical (unpaired) electrons. The normalized spacial score (nSPS) is 11.8. The van der Waals surface area contributed by atoms with Crippen LogP contribution in [0.1, 0.15) is 12.5 Å². The van der Waals surface area contributed by atoms with Gasteiger partial charge >= 0.3 is 0 Å². The number of nitrogens with zero attached hydrogens (tertiary/aromatic N) is 1. The zero-order valence-electron chi connectivity index (χ0n) is 9.71. The molecule has 0 amide bonds. The molecule has 0 bridgehead atoms. The highest BCUT2D eigenvalue weighted by atomic mass is 32.2. The van der Waals surface area contributed by atoms with E-state index in [1.54, 1.807) is 30.3 Å². The van der Waals surface area contributed by atoms with Crippen LogP contribution in [0.5, 0.6) is 0 Å². The highest BCUT2D eigenvalue weighted by Gasteiger charge is 2.19. The van der Waals surface area contributed by atoms with Gasteiger partial charge in [-0.2, -0.15) is 5.26 Å². The molecule has 0 spiro atoms. The van der Waals surface area contributed by atoms with Gasteiger partial charge in [-0.05, 0) is 31.2 Å². The molecule has 0 heterocycles. The van der Waals surface area contributed by atoms with Crippen LogP contribution in [0.4, 0.5) is 5.69 Å². The van der Waals surface area contributed by atoms with Crippen LogP contribution in [0.25, 0.3) is 0 Å². The zero-order chi connectivity index (χ0) is 13.6. The van der Waals surface area contributed by atoms with Crippen LogP contribution in [-0.2, 0) is 10.0 Å². The second-order valence-electron chi connectivity index (χ2n) is 3.46. The van der Waals surface area contributed by atoms with E-state index in [0.29, 0.717) is 11.3 Å². The summed E-state index contributed by atoms with van der Waals surface area (Å²) in [4.78, 5) is 0. The quantitative estimate of drug-likeness (QED) is 0.786. The van der Waals surface area contributed by atoms with Gasteiger partial charge in [-0.3, -0.25) is 4.72 Å². The molecule has 1 aromatic carbocycles. The van der Waals surface area contributed by atoms with Crippen molar-refractivity contribution in [2.24, 2.45) is 0 Å². The van der Waals surface area contributed by atoms with Crippen molar-refractivity contribution >= 4 is 15.7 Å². The molecule has 0 aliphatic rings. The minimum Gasteiger partial charge on any atom is -0.384 e. The van der Waals surface area contributed by atoms with Gasteiger partial charge in [-0.1, -0.05) is 11.8 Å². The molecule has 1 atom stereocenters. The van der Waals surface area contributed by atoms with Crippen LogP contribution >= 0.6 is 0 Å². The van der Waals surface area contributed by atoms with Crippen molar-refractivity contribution in [3.05, 3.63) is 29.8 Å². The molecule has 6 heteroatoms. The van der Waals surface area contributed by atoms with E-state index in [1.165, 1.54) is 6.92 Å². The Bertz CT molecular complexity index is 603. The number of sulfonamides is 1. The first kappa shape index (κ1) is 14.0. The van der Waals surface area contributed by atoms with Crippen LogP contribution < -0.4 is 4.72 Å². The molecule has 18 heavy (non-hydrogen) atoms. The fourth-order valence-electron chi connectivity index (χ4n) is 1.09. The van der Waals surface area contributed by atoms with E-state index in [9.17, 15) is 8.42 Å². The standard InChI is InChI=1S/C12H12N2O3S/c1-10(9-13)18(16,17)14-12-6-4-11(5-7-12)3-2-8-15/h4-7,10,14-15H,8H2,1H3. The van der Waals surface area contributed by atoms with Crippen molar-refractivity contribution in [3.8, 4) is 17.9 Å². The van der Waals surface area contributed by atoms with Crippen LogP contribution in [0, 0.1) is 23.2 Å². The van der Waals surface area contributed by atoms with Crippen LogP contribution in [0.3, 0.4) is 0 Å². The number of hydrogen-bond acceptors (Lipinski definition) is 4. The fourth-order valence-corrected chi connectivity index (χ4v) is 1.87. The second kappa shape index (κ2) is 6.06. The maximum Gasteiger partial charge on any atom is 0.248 e. The highest BCUT2D eigenvalue weighted by molar-refractivity contribution is 7.93. The summed E-state index contributed by atoms with van der Waals surface area (Å²) in [6, 6.07) is 8.00. The van der Waals surface area contributed by atoms with E-state index in [2.05, 4.69) is 16.6 Å². The van der Waals surface area contributed by atoms with Gasteiger partial charge in [0.05, 0.1) is 6.07 Å². The molecule has 1 rings (SSSR count). The molecule has 0 saturated carbocycles. The fraction of sp³-hybridized carbons (Fsp3) is 0.250. The number of hydrogen-bond donors (Lipinski definition) is 2. The van der Waals surface area contributed by atoms with E-state index in [4.69, 9.17) is 10.4 Å². The molecule has 94 valence electrons. The predicted molar refractivity (Wildman–Crippen MR) is 68.0 cm³/mol. The number of aliphatic hydroxyl groups is 1. The van der Waals surface area contributed by atoms with Gasteiger partial charge in [-0.15, -0.1) is 0 Å². The van der Waals surface area contributed by atoms with Crippen molar-refractivity contribution in [1.82, 2.24) is 0 Å². The Morgan fingerprint density at radius 1 is 1.39 bits per heavy atom. The lowest BCUT2D eigenvalue weighted by Gasteiger charge is -2.08. The highest BCUT2D eigenvalue weighted by Crippen LogP contribution is 2.12. The molecule has 0 aromatic heterocycles. The lowest BCUT2D eigenvalue weighted by atomic mass is 10.2. The minimum atomic E-state index is -3.68. The molecule has 0 aliphatic heterocycles. The lowest BCUT2D eigenvalue weighted by Crippen LogP contribution is -2.23. The molecule has 1 aromatic rings. The smallest absolute Gasteiger partial charge is 0.248 e. The third-order valence-corrected chi connectivity index (χ3v) is 3.66. The van der Waals surface area contributed by atoms with Crippen LogP contribution in [0.15, 0.2) is 24.3 Å². The number of aliphatic hydroxyl groups excluding tert-OH is 1. The number of rotatable bonds is 3. The SMILES string of the molecule is CC(C#N)S(=O)(=O)Nc1ccc(C#CCO)cc1. The van der Waals surface area contributed by atoms with Crippen molar-refractivity contribution in [3.63, 3.8) is 0 Å². The minimum absolute atomic E-state index is 0.228. The van der Waals surface area contributed by atoms with Gasteiger partial charge in [0.15, 0.2) is 5.25 Å². The van der Waals surface area contributed by atoms with Crippen molar-refractivity contribution < 1.29 is 13.5 Å². The van der Waals surface area contributed by atoms with Crippen LogP contribution in [0.2, 0.25) is 0 Å². The lowest BCUT2D eigenvalue weighted by molar-refractivity contribution is 0.350. The maximum atomic E-state index is 11.6. The summed E-state index contributed by atoms with van der Waals surface area (Å²) < 4.78 is 25.5. The average molecular weight is 264 g/mol. The van der Waals surface area contributed by atoms with Gasteiger partial charge in [0.1, 0.15) is 6.61 Å². The third-order valence-electron chi connectivity index (χ3n) is 2.10. The Hall–Kier alpha value is -2.02. The van der Waals surface area contributed by atoms with Gasteiger partial charge in [0, 0.05) is 11.3 Å². The van der Waals surface area contributed by atoms with Crippen LogP contribution in [-0.4, -0.2) is 25.4 Å². The van der Waals surface area contributed by atoms with Crippen molar-refractivity contribution in [2.75, 3.05) is 11.3 Å². The zero-order valence-corrected chi connectivity index (χ0v) is 10.5. The first-order valence-electron chi connectivity index (χ1n) is 5.10. The molecule has 5 nitrogen and oxygen atoms in total. The molecule has 0 fully saturated rings. The van der Waals surface area contributed by atoms with Gasteiger partial charge in [0.25, 0.3) is 0 Å². The van der Waals surface area contributed by atoms with Gasteiger partial charge < -0.3 is 5.11 Å². The summed E-state index contributed by atoms with van der Waals surface area (Å²) in [6.07, 6.45) is 0. The summed E-state index contributed by atoms with van der Waals surface area (Å²) in [6.45, 7) is 1.08. The first-order valence-corrected chi connectivity index (χ1v) is 6.65. The monoisotopic (exact) mass is 264 g/mol. The third kappa shape index (κ3) is 3.77. The Balaban J connectivity index is 2.85. The molecular formula is C12H12N2O3S. The average Bonchev–Trinajstić information content (AvgIpc) is 2.36. The summed E-state index contributed by atoms with van der Waals surface area (Å²) in [5.41, 5.74) is 1.03. The molecule has 2 N–H and O–H groups in total. The number of anilines is 1. The Morgan fingerprint density at radius 2 is 2.00 bits per heavy atom. The Kier molecular flexibility index (Phi) is 4.73. The number of nitrogens with one attached hydrogen (secondary N) is 1. The summed E-state index contributed by atoms with van der Waals surface area (Å²) in [5.74, 6) is 5.17. The van der Waals surface area contributed by atoms with E-state index in [1.807, 2.05) is 0 Å². The van der Waals surface area contributed by atoms with Crippen molar-refractivity contribution in [2.45, 2.75) is 12.2 Å². The summed E-state index contributed by atoms with van der Waals surface area (Å²) in [5, 5.41) is 16.0. The molecule has 1 unspecified atom stereocenters. The molecule has 0 aliphatic carbocycles. The molecule has 0 saturated heterocycles. The maximum absolute atomic E-state index is 11.6. The Labute approximate surface area is 106 Å². The first-order chi connectivity index (χ1) is 8.49. The predicted octanol–water partition coefficient (Wildman–Crippen LogP) is 0.684. The summed E-state index contributed by atoms with van der Waals surface area (Å²) >= 11 is 0. The van der Waals surface area contributed by atoms with E-state index in [-0.39, 0.29) is 6.61 Å². The largest absolute Gasteiger partial charge is 0.384 e.